The van der Waals surface area contributed by atoms with Crippen molar-refractivity contribution in [2.24, 2.45) is 0 Å². The zero-order valence-electron chi connectivity index (χ0n) is 12.6. The number of aromatic nitrogens is 3. The van der Waals surface area contributed by atoms with Gasteiger partial charge in [0.05, 0.1) is 11.4 Å². The number of aryl methyl sites for hydroxylation is 1. The van der Waals surface area contributed by atoms with Gasteiger partial charge < -0.3 is 5.32 Å². The lowest BCUT2D eigenvalue weighted by atomic mass is 10.2. The van der Waals surface area contributed by atoms with Crippen LogP contribution < -0.4 is 5.32 Å². The first-order chi connectivity index (χ1) is 9.93. The van der Waals surface area contributed by atoms with Gasteiger partial charge in [0.2, 0.25) is 0 Å². The minimum atomic E-state index is -0.202. The van der Waals surface area contributed by atoms with Gasteiger partial charge in [-0.05, 0) is 44.9 Å². The maximum absolute atomic E-state index is 12.1. The highest BCUT2D eigenvalue weighted by Gasteiger charge is 2.18. The number of nitrogens with one attached hydrogen (secondary N) is 1. The Morgan fingerprint density at radius 2 is 2.14 bits per heavy atom. The van der Waals surface area contributed by atoms with Crippen molar-refractivity contribution in [3.63, 3.8) is 0 Å². The van der Waals surface area contributed by atoms with Gasteiger partial charge in [0.25, 0.3) is 5.91 Å². The minimum absolute atomic E-state index is 0.107. The molecule has 1 aromatic heterocycles. The third-order valence-corrected chi connectivity index (χ3v) is 3.91. The Balaban J connectivity index is 2.32. The maximum Gasteiger partial charge on any atom is 0.273 e. The molecule has 0 spiro atoms. The fraction of sp³-hybridized carbons (Fsp3) is 0.400. The van der Waals surface area contributed by atoms with Crippen molar-refractivity contribution < 1.29 is 4.79 Å². The van der Waals surface area contributed by atoms with E-state index in [0.29, 0.717) is 16.4 Å². The van der Waals surface area contributed by atoms with Crippen LogP contribution in [0.25, 0.3) is 5.69 Å². The van der Waals surface area contributed by atoms with Gasteiger partial charge in [-0.2, -0.15) is 0 Å². The molecular weight excluding hydrogens is 288 g/mol. The zero-order chi connectivity index (χ0) is 15.6. The molecule has 1 aromatic carbocycles. The first kappa shape index (κ1) is 15.5. The standard InChI is InChI=1S/C15H19ClN4O/c1-5-10(3)17-15(21)14-11(4)20(19-18-14)12-7-6-9(2)13(16)8-12/h6-8,10H,5H2,1-4H3,(H,17,21)/t10-/m1/s1. The van der Waals surface area contributed by atoms with Crippen molar-refractivity contribution in [3.05, 3.63) is 40.2 Å². The van der Waals surface area contributed by atoms with E-state index >= 15 is 0 Å². The van der Waals surface area contributed by atoms with Gasteiger partial charge in [0.15, 0.2) is 5.69 Å². The van der Waals surface area contributed by atoms with Crippen LogP contribution in [0.3, 0.4) is 0 Å². The maximum atomic E-state index is 12.1. The van der Waals surface area contributed by atoms with Crippen molar-refractivity contribution in [1.82, 2.24) is 20.3 Å². The Kier molecular flexibility index (Phi) is 4.63. The summed E-state index contributed by atoms with van der Waals surface area (Å²) in [6, 6.07) is 5.74. The second-order valence-corrected chi connectivity index (χ2v) is 5.56. The highest BCUT2D eigenvalue weighted by atomic mass is 35.5. The molecule has 1 heterocycles. The lowest BCUT2D eigenvalue weighted by Gasteiger charge is -2.10. The SMILES string of the molecule is CC[C@@H](C)NC(=O)c1nnn(-c2ccc(C)c(Cl)c2)c1C. The summed E-state index contributed by atoms with van der Waals surface area (Å²) < 4.78 is 1.62. The molecule has 5 nitrogen and oxygen atoms in total. The van der Waals surface area contributed by atoms with E-state index in [-0.39, 0.29) is 11.9 Å². The van der Waals surface area contributed by atoms with Gasteiger partial charge in [-0.3, -0.25) is 4.79 Å². The molecule has 6 heteroatoms. The topological polar surface area (TPSA) is 59.8 Å². The van der Waals surface area contributed by atoms with E-state index in [4.69, 9.17) is 11.6 Å². The molecule has 0 bridgehead atoms. The molecule has 1 amide bonds. The van der Waals surface area contributed by atoms with Gasteiger partial charge in [-0.15, -0.1) is 5.10 Å². The number of carbonyl (C=O) groups is 1. The van der Waals surface area contributed by atoms with Crippen molar-refractivity contribution in [3.8, 4) is 5.69 Å². The lowest BCUT2D eigenvalue weighted by Crippen LogP contribution is -2.32. The average molecular weight is 307 g/mol. The van der Waals surface area contributed by atoms with Crippen LogP contribution in [0.2, 0.25) is 5.02 Å². The molecule has 21 heavy (non-hydrogen) atoms. The molecule has 0 aliphatic rings. The molecule has 1 N–H and O–H groups in total. The Morgan fingerprint density at radius 3 is 2.76 bits per heavy atom. The van der Waals surface area contributed by atoms with Crippen molar-refractivity contribution in [1.29, 1.82) is 0 Å². The second kappa shape index (κ2) is 6.26. The van der Waals surface area contributed by atoms with Gasteiger partial charge >= 0.3 is 0 Å². The van der Waals surface area contributed by atoms with E-state index < -0.39 is 0 Å². The summed E-state index contributed by atoms with van der Waals surface area (Å²) in [5.41, 5.74) is 2.81. The molecule has 1 atom stereocenters. The van der Waals surface area contributed by atoms with Crippen LogP contribution in [-0.2, 0) is 0 Å². The summed E-state index contributed by atoms with van der Waals surface area (Å²) in [6.07, 6.45) is 0.868. The Labute approximate surface area is 129 Å². The van der Waals surface area contributed by atoms with Gasteiger partial charge in [0, 0.05) is 11.1 Å². The molecule has 0 aliphatic heterocycles. The molecule has 0 saturated heterocycles. The van der Waals surface area contributed by atoms with Crippen molar-refractivity contribution in [2.75, 3.05) is 0 Å². The van der Waals surface area contributed by atoms with Crippen LogP contribution in [0.4, 0.5) is 0 Å². The summed E-state index contributed by atoms with van der Waals surface area (Å²) in [6.45, 7) is 7.73. The smallest absolute Gasteiger partial charge is 0.273 e. The molecule has 0 saturated carbocycles. The van der Waals surface area contributed by atoms with Gasteiger partial charge in [-0.1, -0.05) is 29.8 Å². The van der Waals surface area contributed by atoms with Crippen LogP contribution in [0.1, 0.15) is 42.0 Å². The van der Waals surface area contributed by atoms with Crippen LogP contribution in [0, 0.1) is 13.8 Å². The summed E-state index contributed by atoms with van der Waals surface area (Å²) in [4.78, 5) is 12.1. The van der Waals surface area contributed by atoms with E-state index in [9.17, 15) is 4.79 Å². The molecule has 0 radical (unpaired) electrons. The third-order valence-electron chi connectivity index (χ3n) is 3.50. The number of amides is 1. The first-order valence-electron chi connectivity index (χ1n) is 6.93. The Morgan fingerprint density at radius 1 is 1.43 bits per heavy atom. The summed E-state index contributed by atoms with van der Waals surface area (Å²) in [7, 11) is 0. The minimum Gasteiger partial charge on any atom is -0.348 e. The molecule has 2 aromatic rings. The summed E-state index contributed by atoms with van der Waals surface area (Å²) in [5.74, 6) is -0.202. The predicted molar refractivity (Wildman–Crippen MR) is 83.1 cm³/mol. The molecule has 112 valence electrons. The van der Waals surface area contributed by atoms with E-state index in [1.807, 2.05) is 45.9 Å². The Bertz CT molecular complexity index is 666. The van der Waals surface area contributed by atoms with E-state index in [1.54, 1.807) is 4.68 Å². The average Bonchev–Trinajstić information content (AvgIpc) is 2.83. The second-order valence-electron chi connectivity index (χ2n) is 5.15. The Hall–Kier alpha value is -1.88. The molecule has 0 unspecified atom stereocenters. The molecule has 0 aliphatic carbocycles. The highest BCUT2D eigenvalue weighted by molar-refractivity contribution is 6.31. The van der Waals surface area contributed by atoms with Crippen LogP contribution in [-0.4, -0.2) is 26.9 Å². The number of nitrogens with zero attached hydrogens (tertiary/aromatic N) is 3. The summed E-state index contributed by atoms with van der Waals surface area (Å²) in [5, 5.41) is 11.6. The van der Waals surface area contributed by atoms with Crippen molar-refractivity contribution >= 4 is 17.5 Å². The van der Waals surface area contributed by atoms with Crippen LogP contribution in [0.5, 0.6) is 0 Å². The van der Waals surface area contributed by atoms with E-state index in [2.05, 4.69) is 15.6 Å². The number of hydrogen-bond acceptors (Lipinski definition) is 3. The number of benzene rings is 1. The molecule has 0 fully saturated rings. The fourth-order valence-electron chi connectivity index (χ4n) is 1.89. The first-order valence-corrected chi connectivity index (χ1v) is 7.31. The largest absolute Gasteiger partial charge is 0.348 e. The van der Waals surface area contributed by atoms with Crippen LogP contribution >= 0.6 is 11.6 Å². The monoisotopic (exact) mass is 306 g/mol. The molecule has 2 rings (SSSR count). The van der Waals surface area contributed by atoms with E-state index in [0.717, 1.165) is 17.7 Å². The number of carbonyl (C=O) groups excluding carboxylic acids is 1. The summed E-state index contributed by atoms with van der Waals surface area (Å²) >= 11 is 6.13. The van der Waals surface area contributed by atoms with Crippen molar-refractivity contribution in [2.45, 2.75) is 40.2 Å². The van der Waals surface area contributed by atoms with Crippen LogP contribution in [0.15, 0.2) is 18.2 Å². The number of hydrogen-bond donors (Lipinski definition) is 1. The lowest BCUT2D eigenvalue weighted by molar-refractivity contribution is 0.0933. The highest BCUT2D eigenvalue weighted by Crippen LogP contribution is 2.20. The third kappa shape index (κ3) is 3.24. The predicted octanol–water partition coefficient (Wildman–Crippen LogP) is 3.07. The number of rotatable bonds is 4. The normalized spacial score (nSPS) is 12.2. The van der Waals surface area contributed by atoms with Gasteiger partial charge in [-0.25, -0.2) is 4.68 Å². The molecular formula is C15H19ClN4O. The van der Waals surface area contributed by atoms with Gasteiger partial charge in [0.1, 0.15) is 0 Å². The quantitative estimate of drug-likeness (QED) is 0.944. The van der Waals surface area contributed by atoms with E-state index in [1.165, 1.54) is 0 Å². The number of halogens is 1. The zero-order valence-corrected chi connectivity index (χ0v) is 13.4. The fourth-order valence-corrected chi connectivity index (χ4v) is 2.07.